The SMILES string of the molecule is C=CC(Oc1ccc(C(=C2CCCCC2)c2ccc(OCCN(C)C)cc2)cc1)c1cc(OC)c(OC)cc1[N+](=O)[O-]. The summed E-state index contributed by atoms with van der Waals surface area (Å²) < 4.78 is 22.8. The maximum Gasteiger partial charge on any atom is 0.280 e. The lowest BCUT2D eigenvalue weighted by Crippen LogP contribution is -2.19. The van der Waals surface area contributed by atoms with Gasteiger partial charge in [-0.25, -0.2) is 0 Å². The Morgan fingerprint density at radius 1 is 0.929 bits per heavy atom. The molecule has 0 amide bonds. The van der Waals surface area contributed by atoms with Crippen LogP contribution in [-0.4, -0.2) is 51.3 Å². The molecule has 1 atom stereocenters. The van der Waals surface area contributed by atoms with Crippen molar-refractivity contribution in [1.82, 2.24) is 4.90 Å². The number of hydrogen-bond donors (Lipinski definition) is 0. The van der Waals surface area contributed by atoms with Gasteiger partial charge in [0.2, 0.25) is 0 Å². The van der Waals surface area contributed by atoms with Gasteiger partial charge in [0.05, 0.1) is 30.8 Å². The van der Waals surface area contributed by atoms with E-state index in [9.17, 15) is 10.1 Å². The molecule has 222 valence electrons. The summed E-state index contributed by atoms with van der Waals surface area (Å²) in [7, 11) is 6.99. The Labute approximate surface area is 248 Å². The van der Waals surface area contributed by atoms with Crippen LogP contribution in [0.5, 0.6) is 23.0 Å². The lowest BCUT2D eigenvalue weighted by molar-refractivity contribution is -0.386. The number of hydrogen-bond acceptors (Lipinski definition) is 7. The van der Waals surface area contributed by atoms with Crippen molar-refractivity contribution in [3.63, 3.8) is 0 Å². The minimum absolute atomic E-state index is 0.132. The number of rotatable bonds is 13. The van der Waals surface area contributed by atoms with Gasteiger partial charge in [-0.2, -0.15) is 0 Å². The molecule has 1 unspecified atom stereocenters. The van der Waals surface area contributed by atoms with E-state index in [1.807, 2.05) is 38.4 Å². The van der Waals surface area contributed by atoms with Gasteiger partial charge in [-0.15, -0.1) is 0 Å². The van der Waals surface area contributed by atoms with E-state index in [0.29, 0.717) is 23.7 Å². The lowest BCUT2D eigenvalue weighted by Gasteiger charge is -2.21. The van der Waals surface area contributed by atoms with Crippen molar-refractivity contribution in [1.29, 1.82) is 0 Å². The summed E-state index contributed by atoms with van der Waals surface area (Å²) >= 11 is 0. The average molecular weight is 573 g/mol. The normalized spacial score (nSPS) is 13.8. The second kappa shape index (κ2) is 14.5. The van der Waals surface area contributed by atoms with Crippen LogP contribution in [0.2, 0.25) is 0 Å². The van der Waals surface area contributed by atoms with Crippen molar-refractivity contribution in [2.24, 2.45) is 0 Å². The molecule has 0 spiro atoms. The fourth-order valence-corrected chi connectivity index (χ4v) is 5.22. The summed E-state index contributed by atoms with van der Waals surface area (Å²) in [6.45, 7) is 5.37. The zero-order chi connectivity index (χ0) is 30.1. The molecule has 0 aromatic heterocycles. The molecule has 0 heterocycles. The molecule has 0 N–H and O–H groups in total. The maximum absolute atomic E-state index is 11.9. The van der Waals surface area contributed by atoms with Gasteiger partial charge in [0.15, 0.2) is 11.5 Å². The largest absolute Gasteiger partial charge is 0.493 e. The standard InChI is InChI=1S/C34H40N2O6/c1-6-31(29-22-32(39-4)33(40-5)23-30(29)36(37)38)42-28-18-14-26(15-19-28)34(24-10-8-7-9-11-24)25-12-16-27(17-13-25)41-21-20-35(2)3/h6,12-19,22-23,31H,1,7-11,20-21H2,2-5H3. The summed E-state index contributed by atoms with van der Waals surface area (Å²) in [5, 5.41) is 11.9. The van der Waals surface area contributed by atoms with Crippen LogP contribution >= 0.6 is 0 Å². The second-order valence-electron chi connectivity index (χ2n) is 10.5. The minimum Gasteiger partial charge on any atom is -0.493 e. The molecule has 1 aliphatic rings. The highest BCUT2D eigenvalue weighted by atomic mass is 16.6. The molecule has 0 saturated heterocycles. The number of benzene rings is 3. The van der Waals surface area contributed by atoms with E-state index >= 15 is 0 Å². The van der Waals surface area contributed by atoms with Crippen LogP contribution < -0.4 is 18.9 Å². The van der Waals surface area contributed by atoms with Gasteiger partial charge in [-0.05, 0) is 92.9 Å². The van der Waals surface area contributed by atoms with Crippen LogP contribution in [0.1, 0.15) is 54.9 Å². The first-order valence-corrected chi connectivity index (χ1v) is 14.2. The second-order valence-corrected chi connectivity index (χ2v) is 10.5. The third-order valence-electron chi connectivity index (χ3n) is 7.42. The number of allylic oxidation sites excluding steroid dienone is 1. The monoisotopic (exact) mass is 572 g/mol. The highest BCUT2D eigenvalue weighted by Crippen LogP contribution is 2.40. The average Bonchev–Trinajstić information content (AvgIpc) is 3.01. The number of nitro groups is 1. The number of likely N-dealkylation sites (N-methyl/N-ethyl adjacent to an activating group) is 1. The first-order chi connectivity index (χ1) is 20.3. The summed E-state index contributed by atoms with van der Waals surface area (Å²) in [5.74, 6) is 2.08. The fraction of sp³-hybridized carbons (Fsp3) is 0.353. The molecule has 1 saturated carbocycles. The fourth-order valence-electron chi connectivity index (χ4n) is 5.22. The quantitative estimate of drug-likeness (QED) is 0.118. The molecule has 3 aromatic rings. The van der Waals surface area contributed by atoms with E-state index in [2.05, 4.69) is 35.7 Å². The molecule has 3 aromatic carbocycles. The van der Waals surface area contributed by atoms with Crippen LogP contribution in [0.3, 0.4) is 0 Å². The van der Waals surface area contributed by atoms with Crippen molar-refractivity contribution in [3.05, 3.63) is 106 Å². The highest BCUT2D eigenvalue weighted by Gasteiger charge is 2.26. The Hall–Kier alpha value is -4.30. The van der Waals surface area contributed by atoms with Crippen molar-refractivity contribution in [2.45, 2.75) is 38.2 Å². The molecule has 8 heteroatoms. The van der Waals surface area contributed by atoms with E-state index in [1.54, 1.807) is 12.1 Å². The van der Waals surface area contributed by atoms with Crippen molar-refractivity contribution < 1.29 is 23.9 Å². The van der Waals surface area contributed by atoms with Crippen molar-refractivity contribution in [3.8, 4) is 23.0 Å². The van der Waals surface area contributed by atoms with Crippen LogP contribution in [0.25, 0.3) is 5.57 Å². The molecule has 0 bridgehead atoms. The van der Waals surface area contributed by atoms with E-state index in [4.69, 9.17) is 18.9 Å². The topological polar surface area (TPSA) is 83.3 Å². The molecule has 1 aliphatic carbocycles. The number of nitro benzene ring substituents is 1. The first kappa shape index (κ1) is 30.7. The predicted octanol–water partition coefficient (Wildman–Crippen LogP) is 7.62. The zero-order valence-corrected chi connectivity index (χ0v) is 24.9. The predicted molar refractivity (Wildman–Crippen MR) is 166 cm³/mol. The summed E-state index contributed by atoms with van der Waals surface area (Å²) in [4.78, 5) is 13.5. The molecular formula is C34H40N2O6. The third kappa shape index (κ3) is 7.50. The minimum atomic E-state index is -0.771. The van der Waals surface area contributed by atoms with Gasteiger partial charge in [-0.1, -0.05) is 42.8 Å². The summed E-state index contributed by atoms with van der Waals surface area (Å²) in [6, 6.07) is 19.2. The molecule has 1 fully saturated rings. The van der Waals surface area contributed by atoms with Crippen molar-refractivity contribution >= 4 is 11.3 Å². The summed E-state index contributed by atoms with van der Waals surface area (Å²) in [5.41, 5.74) is 5.17. The van der Waals surface area contributed by atoms with Crippen LogP contribution in [0.15, 0.2) is 78.9 Å². The Morgan fingerprint density at radius 3 is 2.02 bits per heavy atom. The highest BCUT2D eigenvalue weighted by molar-refractivity contribution is 5.82. The first-order valence-electron chi connectivity index (χ1n) is 14.2. The Kier molecular flexibility index (Phi) is 10.6. The van der Waals surface area contributed by atoms with E-state index < -0.39 is 11.0 Å². The number of nitrogens with zero attached hydrogens (tertiary/aromatic N) is 2. The maximum atomic E-state index is 11.9. The smallest absolute Gasteiger partial charge is 0.280 e. The van der Waals surface area contributed by atoms with Gasteiger partial charge in [-0.3, -0.25) is 10.1 Å². The van der Waals surface area contributed by atoms with Crippen molar-refractivity contribution in [2.75, 3.05) is 41.5 Å². The van der Waals surface area contributed by atoms with Gasteiger partial charge in [0.25, 0.3) is 5.69 Å². The van der Waals surface area contributed by atoms with Crippen LogP contribution in [0.4, 0.5) is 5.69 Å². The number of ether oxygens (including phenoxy) is 4. The van der Waals surface area contributed by atoms with Gasteiger partial charge >= 0.3 is 0 Å². The Balaban J connectivity index is 1.61. The molecule has 0 radical (unpaired) electrons. The molecule has 0 aliphatic heterocycles. The molecule has 4 rings (SSSR count). The molecular weight excluding hydrogens is 532 g/mol. The third-order valence-corrected chi connectivity index (χ3v) is 7.42. The lowest BCUT2D eigenvalue weighted by atomic mass is 9.85. The van der Waals surface area contributed by atoms with Crippen LogP contribution in [0, 0.1) is 10.1 Å². The van der Waals surface area contributed by atoms with E-state index in [0.717, 1.165) is 36.3 Å². The van der Waals surface area contributed by atoms with Gasteiger partial charge < -0.3 is 23.8 Å². The van der Waals surface area contributed by atoms with Gasteiger partial charge in [0.1, 0.15) is 24.2 Å². The number of methoxy groups -OCH3 is 2. The van der Waals surface area contributed by atoms with E-state index in [1.165, 1.54) is 50.7 Å². The summed E-state index contributed by atoms with van der Waals surface area (Å²) in [6.07, 6.45) is 6.57. The van der Waals surface area contributed by atoms with E-state index in [-0.39, 0.29) is 11.4 Å². The Bertz CT molecular complexity index is 1390. The van der Waals surface area contributed by atoms with Crippen LogP contribution in [-0.2, 0) is 0 Å². The zero-order valence-electron chi connectivity index (χ0n) is 24.9. The molecule has 8 nitrogen and oxygen atoms in total. The molecule has 42 heavy (non-hydrogen) atoms. The Morgan fingerprint density at radius 2 is 1.50 bits per heavy atom. The van der Waals surface area contributed by atoms with Gasteiger partial charge in [0, 0.05) is 6.54 Å².